The number of fused-ring (bicyclic) bond motifs is 1. The van der Waals surface area contributed by atoms with Crippen molar-refractivity contribution in [1.29, 1.82) is 0 Å². The lowest BCUT2D eigenvalue weighted by Gasteiger charge is -2.62. The van der Waals surface area contributed by atoms with Crippen LogP contribution in [0.15, 0.2) is 0 Å². The molecule has 3 aliphatic rings. The smallest absolute Gasteiger partial charge is 0.243 e. The zero-order valence-corrected chi connectivity index (χ0v) is 13.6. The molecule has 0 aromatic heterocycles. The molecule has 0 spiro atoms. The predicted molar refractivity (Wildman–Crippen MR) is 79.8 cm³/mol. The first-order valence-corrected chi connectivity index (χ1v) is 8.01. The van der Waals surface area contributed by atoms with Crippen molar-refractivity contribution in [2.24, 2.45) is 17.1 Å². The highest BCUT2D eigenvalue weighted by Gasteiger charge is 2.72. The Labute approximate surface area is 127 Å². The molecule has 3 rings (SSSR count). The third-order valence-corrected chi connectivity index (χ3v) is 6.25. The van der Waals surface area contributed by atoms with Crippen LogP contribution in [0, 0.1) is 11.3 Å². The number of rotatable bonds is 2. The van der Waals surface area contributed by atoms with Gasteiger partial charge < -0.3 is 20.1 Å². The van der Waals surface area contributed by atoms with E-state index in [0.29, 0.717) is 6.54 Å². The molecule has 5 nitrogen and oxygen atoms in total. The molecule has 2 saturated heterocycles. The number of amides is 1. The number of carbonyl (C=O) groups is 1. The Hall–Kier alpha value is -0.650. The zero-order valence-electron chi connectivity index (χ0n) is 13.6. The van der Waals surface area contributed by atoms with E-state index in [9.17, 15) is 4.79 Å². The molecule has 1 saturated carbocycles. The molecule has 21 heavy (non-hydrogen) atoms. The minimum absolute atomic E-state index is 0.0854. The fraction of sp³-hybridized carbons (Fsp3) is 0.938. The van der Waals surface area contributed by atoms with Gasteiger partial charge >= 0.3 is 0 Å². The van der Waals surface area contributed by atoms with E-state index in [1.807, 2.05) is 4.90 Å². The molecule has 2 heterocycles. The molecular formula is C16H28N2O3. The average Bonchev–Trinajstić information content (AvgIpc) is 2.94. The molecule has 0 radical (unpaired) electrons. The molecule has 2 aliphatic heterocycles. The average molecular weight is 296 g/mol. The summed E-state index contributed by atoms with van der Waals surface area (Å²) in [5, 5.41) is 0. The second-order valence-corrected chi connectivity index (χ2v) is 7.76. The predicted octanol–water partition coefficient (Wildman–Crippen LogP) is 1.16. The normalized spacial score (nSPS) is 45.1. The molecule has 4 atom stereocenters. The summed E-state index contributed by atoms with van der Waals surface area (Å²) in [6.07, 6.45) is 2.98. The van der Waals surface area contributed by atoms with E-state index in [-0.39, 0.29) is 28.9 Å². The fourth-order valence-electron chi connectivity index (χ4n) is 4.63. The standard InChI is InChI=1S/C16H28N2O3/c1-14(2)12-11(6-9-21-12)16(14,17)13(19)18-8-5-7-15(3,10-18)20-4/h11-12H,5-10,17H2,1-4H3. The molecule has 4 unspecified atom stereocenters. The second-order valence-electron chi connectivity index (χ2n) is 7.76. The highest BCUT2D eigenvalue weighted by Crippen LogP contribution is 2.58. The van der Waals surface area contributed by atoms with Crippen molar-refractivity contribution in [2.45, 2.75) is 57.3 Å². The van der Waals surface area contributed by atoms with Crippen molar-refractivity contribution >= 4 is 5.91 Å². The molecule has 3 fully saturated rings. The summed E-state index contributed by atoms with van der Waals surface area (Å²) >= 11 is 0. The van der Waals surface area contributed by atoms with Gasteiger partial charge in [-0.05, 0) is 26.2 Å². The van der Waals surface area contributed by atoms with Crippen LogP contribution in [-0.2, 0) is 14.3 Å². The number of hydrogen-bond donors (Lipinski definition) is 1. The van der Waals surface area contributed by atoms with Crippen LogP contribution in [0.2, 0.25) is 0 Å². The molecule has 0 aromatic rings. The van der Waals surface area contributed by atoms with Crippen molar-refractivity contribution in [3.05, 3.63) is 0 Å². The van der Waals surface area contributed by atoms with Crippen LogP contribution in [0.3, 0.4) is 0 Å². The summed E-state index contributed by atoms with van der Waals surface area (Å²) in [6.45, 7) is 8.35. The number of likely N-dealkylation sites (tertiary alicyclic amines) is 1. The minimum atomic E-state index is -0.792. The van der Waals surface area contributed by atoms with Crippen LogP contribution < -0.4 is 5.73 Å². The van der Waals surface area contributed by atoms with Gasteiger partial charge in [0.1, 0.15) is 5.54 Å². The topological polar surface area (TPSA) is 64.8 Å². The SMILES string of the molecule is COC1(C)CCCN(C(=O)C2(N)C3CCOC3C2(C)C)C1. The van der Waals surface area contributed by atoms with Crippen molar-refractivity contribution in [2.75, 3.05) is 26.8 Å². The lowest BCUT2D eigenvalue weighted by Crippen LogP contribution is -2.80. The number of piperidine rings is 1. The first-order valence-electron chi connectivity index (χ1n) is 8.01. The molecule has 0 bridgehead atoms. The summed E-state index contributed by atoms with van der Waals surface area (Å²) in [5.41, 5.74) is 5.32. The van der Waals surface area contributed by atoms with E-state index in [2.05, 4.69) is 20.8 Å². The Morgan fingerprint density at radius 1 is 1.38 bits per heavy atom. The molecule has 2 N–H and O–H groups in total. The lowest BCUT2D eigenvalue weighted by molar-refractivity contribution is -0.188. The van der Waals surface area contributed by atoms with Crippen molar-refractivity contribution in [3.8, 4) is 0 Å². The van der Waals surface area contributed by atoms with E-state index in [1.165, 1.54) is 0 Å². The number of carbonyl (C=O) groups excluding carboxylic acids is 1. The fourth-order valence-corrected chi connectivity index (χ4v) is 4.63. The number of ether oxygens (including phenoxy) is 2. The Bertz CT molecular complexity index is 453. The van der Waals surface area contributed by atoms with Gasteiger partial charge in [0.15, 0.2) is 0 Å². The quantitative estimate of drug-likeness (QED) is 0.830. The first-order chi connectivity index (χ1) is 9.76. The Morgan fingerprint density at radius 2 is 2.10 bits per heavy atom. The van der Waals surface area contributed by atoms with Gasteiger partial charge in [0.25, 0.3) is 0 Å². The maximum atomic E-state index is 13.2. The van der Waals surface area contributed by atoms with Gasteiger partial charge in [-0.25, -0.2) is 0 Å². The summed E-state index contributed by atoms with van der Waals surface area (Å²) in [6, 6.07) is 0. The maximum Gasteiger partial charge on any atom is 0.243 e. The molecule has 1 aliphatic carbocycles. The lowest BCUT2D eigenvalue weighted by atomic mass is 9.47. The molecule has 1 amide bonds. The monoisotopic (exact) mass is 296 g/mol. The second kappa shape index (κ2) is 4.67. The number of hydrogen-bond acceptors (Lipinski definition) is 4. The van der Waals surface area contributed by atoms with Crippen LogP contribution in [-0.4, -0.2) is 54.9 Å². The molecule has 120 valence electrons. The van der Waals surface area contributed by atoms with Crippen molar-refractivity contribution in [3.63, 3.8) is 0 Å². The van der Waals surface area contributed by atoms with Gasteiger partial charge in [-0.3, -0.25) is 4.79 Å². The Balaban J connectivity index is 1.81. The van der Waals surface area contributed by atoms with Gasteiger partial charge in [0.05, 0.1) is 11.7 Å². The minimum Gasteiger partial charge on any atom is -0.377 e. The van der Waals surface area contributed by atoms with Crippen LogP contribution >= 0.6 is 0 Å². The Kier molecular flexibility index (Phi) is 3.39. The molecule has 0 aromatic carbocycles. The van der Waals surface area contributed by atoms with E-state index in [1.54, 1.807) is 7.11 Å². The summed E-state index contributed by atoms with van der Waals surface area (Å²) < 4.78 is 11.4. The van der Waals surface area contributed by atoms with Gasteiger partial charge in [-0.1, -0.05) is 13.8 Å². The zero-order chi connectivity index (χ0) is 15.5. The third kappa shape index (κ3) is 1.90. The number of methoxy groups -OCH3 is 1. The van der Waals surface area contributed by atoms with Gasteiger partial charge in [-0.15, -0.1) is 0 Å². The number of nitrogens with two attached hydrogens (primary N) is 1. The maximum absolute atomic E-state index is 13.2. The molecular weight excluding hydrogens is 268 g/mol. The van der Waals surface area contributed by atoms with Crippen LogP contribution in [0.4, 0.5) is 0 Å². The number of nitrogens with zero attached hydrogens (tertiary/aromatic N) is 1. The Morgan fingerprint density at radius 3 is 2.76 bits per heavy atom. The largest absolute Gasteiger partial charge is 0.377 e. The summed E-state index contributed by atoms with van der Waals surface area (Å²) in [4.78, 5) is 15.1. The third-order valence-electron chi connectivity index (χ3n) is 6.25. The van der Waals surface area contributed by atoms with E-state index in [4.69, 9.17) is 15.2 Å². The van der Waals surface area contributed by atoms with Crippen LogP contribution in [0.1, 0.15) is 40.0 Å². The van der Waals surface area contributed by atoms with Crippen molar-refractivity contribution < 1.29 is 14.3 Å². The summed E-state index contributed by atoms with van der Waals surface area (Å²) in [7, 11) is 1.72. The van der Waals surface area contributed by atoms with E-state index in [0.717, 1.165) is 32.4 Å². The highest BCUT2D eigenvalue weighted by atomic mass is 16.5. The van der Waals surface area contributed by atoms with Gasteiger partial charge in [-0.2, -0.15) is 0 Å². The van der Waals surface area contributed by atoms with Gasteiger partial charge in [0, 0.05) is 38.1 Å². The highest BCUT2D eigenvalue weighted by molar-refractivity contribution is 5.89. The van der Waals surface area contributed by atoms with E-state index >= 15 is 0 Å². The van der Waals surface area contributed by atoms with Crippen molar-refractivity contribution in [1.82, 2.24) is 4.90 Å². The summed E-state index contributed by atoms with van der Waals surface area (Å²) in [5.74, 6) is 0.248. The van der Waals surface area contributed by atoms with Crippen LogP contribution in [0.5, 0.6) is 0 Å². The van der Waals surface area contributed by atoms with Gasteiger partial charge in [0.2, 0.25) is 5.91 Å². The van der Waals surface area contributed by atoms with E-state index < -0.39 is 5.54 Å². The molecule has 5 heteroatoms. The van der Waals surface area contributed by atoms with Crippen LogP contribution in [0.25, 0.3) is 0 Å². The first kappa shape index (κ1) is 15.3.